The predicted octanol–water partition coefficient (Wildman–Crippen LogP) is 4.86. The van der Waals surface area contributed by atoms with Gasteiger partial charge in [0.05, 0.1) is 13.7 Å². The maximum absolute atomic E-state index is 13.6. The zero-order chi connectivity index (χ0) is 31.4. The van der Waals surface area contributed by atoms with E-state index in [9.17, 15) is 18.0 Å². The van der Waals surface area contributed by atoms with E-state index in [-0.39, 0.29) is 40.3 Å². The number of aryl methyl sites for hydroxylation is 1. The lowest BCUT2D eigenvalue weighted by molar-refractivity contribution is 0.0770. The maximum Gasteiger partial charge on any atom is 0.266 e. The van der Waals surface area contributed by atoms with Crippen LogP contribution in [0.25, 0.3) is 11.1 Å². The van der Waals surface area contributed by atoms with Crippen LogP contribution in [0.1, 0.15) is 32.7 Å². The molecule has 10 nitrogen and oxygen atoms in total. The topological polar surface area (TPSA) is 118 Å². The number of pyridine rings is 1. The van der Waals surface area contributed by atoms with Gasteiger partial charge in [-0.15, -0.1) is 0 Å². The summed E-state index contributed by atoms with van der Waals surface area (Å²) in [5.74, 6) is 0.244. The third-order valence-corrected chi connectivity index (χ3v) is 8.63. The Kier molecular flexibility index (Phi) is 8.86. The zero-order valence-corrected chi connectivity index (χ0v) is 25.8. The Morgan fingerprint density at radius 1 is 0.932 bits per heavy atom. The fraction of sp³-hybridized carbons (Fsp3) is 0.242. The lowest BCUT2D eigenvalue weighted by Crippen LogP contribution is -2.31. The van der Waals surface area contributed by atoms with Crippen LogP contribution >= 0.6 is 0 Å². The Morgan fingerprint density at radius 3 is 2.41 bits per heavy atom. The van der Waals surface area contributed by atoms with Crippen LogP contribution in [0.3, 0.4) is 0 Å². The van der Waals surface area contributed by atoms with E-state index >= 15 is 0 Å². The molecule has 3 aromatic carbocycles. The molecule has 1 fully saturated rings. The summed E-state index contributed by atoms with van der Waals surface area (Å²) in [5.41, 5.74) is 3.40. The minimum Gasteiger partial charge on any atom is -0.495 e. The number of rotatable bonds is 9. The highest BCUT2D eigenvalue weighted by atomic mass is 32.2. The summed E-state index contributed by atoms with van der Waals surface area (Å²) >= 11 is 0. The molecule has 1 N–H and O–H groups in total. The molecular weight excluding hydrogens is 580 g/mol. The number of carbonyl (C=O) groups is 2. The molecule has 4 aromatic rings. The summed E-state index contributed by atoms with van der Waals surface area (Å²) in [6.07, 6.45) is 0.343. The van der Waals surface area contributed by atoms with Crippen molar-refractivity contribution in [1.29, 1.82) is 0 Å². The van der Waals surface area contributed by atoms with E-state index in [1.807, 2.05) is 25.1 Å². The summed E-state index contributed by atoms with van der Waals surface area (Å²) in [5, 5.41) is 0. The van der Waals surface area contributed by atoms with Gasteiger partial charge in [0.25, 0.3) is 21.8 Å². The van der Waals surface area contributed by atoms with Gasteiger partial charge >= 0.3 is 0 Å². The highest BCUT2D eigenvalue weighted by molar-refractivity contribution is 7.92. The number of amides is 2. The van der Waals surface area contributed by atoms with Crippen molar-refractivity contribution in [2.24, 2.45) is 0 Å². The minimum absolute atomic E-state index is 0.0542. The SMILES string of the molecule is COc1ccc(-c2cccc(C(=O)N(C)C)c2)cc1S(=O)(=O)Nc1cccc(OC2CCN(C(=O)c3cccc(C)c3)C2)n1. The molecule has 228 valence electrons. The van der Waals surface area contributed by atoms with Crippen LogP contribution in [-0.4, -0.2) is 75.4 Å². The van der Waals surface area contributed by atoms with Crippen molar-refractivity contribution in [3.05, 3.63) is 102 Å². The summed E-state index contributed by atoms with van der Waals surface area (Å²) in [7, 11) is 0.588. The molecule has 2 amide bonds. The molecule has 0 bridgehead atoms. The molecule has 0 aliphatic carbocycles. The van der Waals surface area contributed by atoms with Crippen LogP contribution in [0.2, 0.25) is 0 Å². The van der Waals surface area contributed by atoms with E-state index in [4.69, 9.17) is 9.47 Å². The van der Waals surface area contributed by atoms with Crippen LogP contribution in [0, 0.1) is 6.92 Å². The smallest absolute Gasteiger partial charge is 0.266 e. The number of likely N-dealkylation sites (tertiary alicyclic amines) is 1. The van der Waals surface area contributed by atoms with Gasteiger partial charge in [-0.2, -0.15) is 4.98 Å². The van der Waals surface area contributed by atoms with Crippen molar-refractivity contribution < 1.29 is 27.5 Å². The number of sulfonamides is 1. The summed E-state index contributed by atoms with van der Waals surface area (Å²) in [6.45, 7) is 2.89. The van der Waals surface area contributed by atoms with Gasteiger partial charge in [0.2, 0.25) is 5.88 Å². The molecule has 1 aliphatic heterocycles. The third kappa shape index (κ3) is 6.84. The van der Waals surface area contributed by atoms with Crippen molar-refractivity contribution in [2.45, 2.75) is 24.3 Å². The molecule has 1 atom stereocenters. The Hall–Kier alpha value is -4.90. The molecule has 0 saturated carbocycles. The largest absolute Gasteiger partial charge is 0.495 e. The summed E-state index contributed by atoms with van der Waals surface area (Å²) in [4.78, 5) is 32.9. The molecule has 11 heteroatoms. The van der Waals surface area contributed by atoms with Gasteiger partial charge in [0.15, 0.2) is 0 Å². The van der Waals surface area contributed by atoms with Crippen LogP contribution in [0.4, 0.5) is 5.82 Å². The van der Waals surface area contributed by atoms with Gasteiger partial charge in [-0.25, -0.2) is 8.42 Å². The Bertz CT molecular complexity index is 1810. The number of hydrogen-bond acceptors (Lipinski definition) is 7. The summed E-state index contributed by atoms with van der Waals surface area (Å²) in [6, 6.07) is 24.1. The first kappa shape index (κ1) is 30.6. The molecule has 0 spiro atoms. The van der Waals surface area contributed by atoms with Crippen molar-refractivity contribution >= 4 is 27.7 Å². The number of nitrogens with one attached hydrogen (secondary N) is 1. The van der Waals surface area contributed by atoms with E-state index in [0.29, 0.717) is 41.8 Å². The second kappa shape index (κ2) is 12.8. The van der Waals surface area contributed by atoms with Gasteiger partial charge in [0, 0.05) is 44.3 Å². The second-order valence-electron chi connectivity index (χ2n) is 10.8. The number of carbonyl (C=O) groups excluding carboxylic acids is 2. The maximum atomic E-state index is 13.6. The van der Waals surface area contributed by atoms with Crippen molar-refractivity contribution in [3.8, 4) is 22.8 Å². The highest BCUT2D eigenvalue weighted by Gasteiger charge is 2.29. The Labute approximate surface area is 257 Å². The van der Waals surface area contributed by atoms with Gasteiger partial charge in [0.1, 0.15) is 22.6 Å². The number of hydrogen-bond donors (Lipinski definition) is 1. The van der Waals surface area contributed by atoms with Crippen LogP contribution < -0.4 is 14.2 Å². The quantitative estimate of drug-likeness (QED) is 0.286. The first-order valence-electron chi connectivity index (χ1n) is 14.1. The monoisotopic (exact) mass is 614 g/mol. The number of benzene rings is 3. The number of nitrogens with zero attached hydrogens (tertiary/aromatic N) is 3. The van der Waals surface area contributed by atoms with E-state index in [2.05, 4.69) is 9.71 Å². The van der Waals surface area contributed by atoms with E-state index < -0.39 is 10.0 Å². The predicted molar refractivity (Wildman–Crippen MR) is 168 cm³/mol. The molecule has 1 aromatic heterocycles. The van der Waals surface area contributed by atoms with Gasteiger partial charge in [-0.05, 0) is 60.5 Å². The molecule has 2 heterocycles. The first-order valence-corrected chi connectivity index (χ1v) is 15.5. The fourth-order valence-corrected chi connectivity index (χ4v) is 6.22. The summed E-state index contributed by atoms with van der Waals surface area (Å²) < 4.78 is 41.1. The van der Waals surface area contributed by atoms with Crippen molar-refractivity contribution in [3.63, 3.8) is 0 Å². The highest BCUT2D eigenvalue weighted by Crippen LogP contribution is 2.32. The second-order valence-corrected chi connectivity index (χ2v) is 12.4. The number of anilines is 1. The number of aromatic nitrogens is 1. The molecule has 0 radical (unpaired) electrons. The first-order chi connectivity index (χ1) is 21.0. The average molecular weight is 615 g/mol. The van der Waals surface area contributed by atoms with Crippen molar-refractivity contribution in [1.82, 2.24) is 14.8 Å². The molecule has 1 saturated heterocycles. The van der Waals surface area contributed by atoms with Gasteiger partial charge in [-0.1, -0.05) is 42.0 Å². The molecular formula is C33H34N4O6S. The molecule has 5 rings (SSSR count). The fourth-order valence-electron chi connectivity index (χ4n) is 5.03. The normalized spacial score (nSPS) is 14.6. The van der Waals surface area contributed by atoms with E-state index in [1.165, 1.54) is 24.1 Å². The minimum atomic E-state index is -4.15. The van der Waals surface area contributed by atoms with E-state index in [1.54, 1.807) is 73.6 Å². The third-order valence-electron chi connectivity index (χ3n) is 7.25. The number of methoxy groups -OCH3 is 1. The standard InChI is InChI=1S/C33H34N4O6S/c1-22-8-5-10-25(18-22)33(39)37-17-16-27(21-37)43-31-13-7-12-30(34-31)35-44(40,41)29-20-24(14-15-28(29)42-4)23-9-6-11-26(19-23)32(38)36(2)3/h5-15,18-20,27H,16-17,21H2,1-4H3,(H,34,35). The Balaban J connectivity index is 1.31. The van der Waals surface area contributed by atoms with Crippen LogP contribution in [-0.2, 0) is 10.0 Å². The molecule has 1 unspecified atom stereocenters. The number of ether oxygens (including phenoxy) is 2. The van der Waals surface area contributed by atoms with E-state index in [0.717, 1.165) is 5.56 Å². The lowest BCUT2D eigenvalue weighted by Gasteiger charge is -2.18. The average Bonchev–Trinajstić information content (AvgIpc) is 3.48. The van der Waals surface area contributed by atoms with Gasteiger partial charge in [-0.3, -0.25) is 14.3 Å². The zero-order valence-electron chi connectivity index (χ0n) is 25.0. The molecule has 1 aliphatic rings. The van der Waals surface area contributed by atoms with Crippen molar-refractivity contribution in [2.75, 3.05) is 39.0 Å². The Morgan fingerprint density at radius 2 is 1.66 bits per heavy atom. The lowest BCUT2D eigenvalue weighted by atomic mass is 10.0. The molecule has 44 heavy (non-hydrogen) atoms. The van der Waals surface area contributed by atoms with Crippen LogP contribution in [0.15, 0.2) is 89.8 Å². The van der Waals surface area contributed by atoms with Crippen LogP contribution in [0.5, 0.6) is 11.6 Å². The van der Waals surface area contributed by atoms with Gasteiger partial charge < -0.3 is 19.3 Å².